The van der Waals surface area contributed by atoms with Crippen LogP contribution in [0.2, 0.25) is 0 Å². The number of carbonyl (C=O) groups is 1. The molecule has 0 saturated carbocycles. The Labute approximate surface area is 121 Å². The summed E-state index contributed by atoms with van der Waals surface area (Å²) in [7, 11) is 4.10. The average Bonchev–Trinajstić information content (AvgIpc) is 2.75. The second-order valence-corrected chi connectivity index (χ2v) is 5.98. The molecule has 114 valence electrons. The Hall–Kier alpha value is -1.33. The van der Waals surface area contributed by atoms with Crippen molar-refractivity contribution in [1.29, 1.82) is 0 Å². The molecule has 1 heterocycles. The average molecular weight is 282 g/mol. The van der Waals surface area contributed by atoms with E-state index in [4.69, 9.17) is 9.52 Å². The molecule has 0 fully saturated rings. The topological polar surface area (TPSA) is 65.7 Å². The fourth-order valence-electron chi connectivity index (χ4n) is 2.34. The summed E-state index contributed by atoms with van der Waals surface area (Å²) in [6.07, 6.45) is 1.06. The van der Waals surface area contributed by atoms with Crippen LogP contribution in [0.25, 0.3) is 0 Å². The first-order valence-corrected chi connectivity index (χ1v) is 7.03. The summed E-state index contributed by atoms with van der Waals surface area (Å²) >= 11 is 0. The molecule has 1 rings (SSSR count). The zero-order valence-electron chi connectivity index (χ0n) is 13.0. The number of nitrogens with zero attached hydrogens (tertiary/aromatic N) is 1. The van der Waals surface area contributed by atoms with Crippen LogP contribution in [0.1, 0.15) is 49.5 Å². The third-order valence-electron chi connectivity index (χ3n) is 3.09. The molecule has 0 aromatic carbocycles. The Balaban J connectivity index is 2.68. The third kappa shape index (κ3) is 5.35. The van der Waals surface area contributed by atoms with Crippen LogP contribution in [0.3, 0.4) is 0 Å². The quantitative estimate of drug-likeness (QED) is 0.767. The normalized spacial score (nSPS) is 14.8. The predicted molar refractivity (Wildman–Crippen MR) is 79.0 cm³/mol. The lowest BCUT2D eigenvalue weighted by Crippen LogP contribution is -2.40. The molecule has 0 aliphatic carbocycles. The predicted octanol–water partition coefficient (Wildman–Crippen LogP) is 2.60. The number of likely N-dealkylation sites (N-methyl/N-ethyl adjacent to an activating group) is 1. The number of rotatable bonds is 8. The van der Waals surface area contributed by atoms with Crippen LogP contribution in [0.5, 0.6) is 0 Å². The fraction of sp³-hybridized carbons (Fsp3) is 0.667. The highest BCUT2D eigenvalue weighted by atomic mass is 16.4. The molecule has 0 aliphatic heterocycles. The summed E-state index contributed by atoms with van der Waals surface area (Å²) in [6.45, 7) is 7.33. The van der Waals surface area contributed by atoms with E-state index in [1.54, 1.807) is 6.07 Å². The molecule has 5 heteroatoms. The van der Waals surface area contributed by atoms with Crippen molar-refractivity contribution in [3.63, 3.8) is 0 Å². The number of furan rings is 1. The number of aromatic carboxylic acids is 1. The molecule has 2 atom stereocenters. The lowest BCUT2D eigenvalue weighted by atomic mass is 10.0. The molecule has 1 aromatic rings. The zero-order valence-corrected chi connectivity index (χ0v) is 13.0. The van der Waals surface area contributed by atoms with Crippen LogP contribution >= 0.6 is 0 Å². The van der Waals surface area contributed by atoms with Crippen molar-refractivity contribution in [2.24, 2.45) is 5.92 Å². The molecule has 0 radical (unpaired) electrons. The van der Waals surface area contributed by atoms with E-state index in [2.05, 4.69) is 38.2 Å². The number of hydrogen-bond acceptors (Lipinski definition) is 4. The maximum absolute atomic E-state index is 10.8. The lowest BCUT2D eigenvalue weighted by Gasteiger charge is -2.26. The lowest BCUT2D eigenvalue weighted by molar-refractivity contribution is 0.0659. The monoisotopic (exact) mass is 282 g/mol. The molecule has 0 bridgehead atoms. The maximum atomic E-state index is 10.8. The van der Waals surface area contributed by atoms with E-state index < -0.39 is 5.97 Å². The van der Waals surface area contributed by atoms with Crippen molar-refractivity contribution in [3.8, 4) is 0 Å². The third-order valence-corrected chi connectivity index (χ3v) is 3.09. The van der Waals surface area contributed by atoms with Gasteiger partial charge in [-0.1, -0.05) is 13.8 Å². The van der Waals surface area contributed by atoms with E-state index in [-0.39, 0.29) is 11.8 Å². The first kappa shape index (κ1) is 16.7. The van der Waals surface area contributed by atoms with Gasteiger partial charge in [-0.2, -0.15) is 0 Å². The minimum atomic E-state index is -1.03. The highest BCUT2D eigenvalue weighted by Crippen LogP contribution is 2.18. The molecule has 0 aliphatic rings. The Morgan fingerprint density at radius 2 is 2.00 bits per heavy atom. The van der Waals surface area contributed by atoms with Crippen LogP contribution < -0.4 is 5.32 Å². The summed E-state index contributed by atoms with van der Waals surface area (Å²) < 4.78 is 5.34. The Kier molecular flexibility index (Phi) is 6.23. The van der Waals surface area contributed by atoms with Crippen LogP contribution in [-0.4, -0.2) is 42.7 Å². The van der Waals surface area contributed by atoms with Gasteiger partial charge in [0.15, 0.2) is 0 Å². The number of carboxylic acid groups (broad SMARTS) is 1. The second kappa shape index (κ2) is 7.45. The molecule has 20 heavy (non-hydrogen) atoms. The largest absolute Gasteiger partial charge is 0.475 e. The van der Waals surface area contributed by atoms with Gasteiger partial charge in [0.05, 0.1) is 6.04 Å². The van der Waals surface area contributed by atoms with E-state index in [9.17, 15) is 4.79 Å². The van der Waals surface area contributed by atoms with Crippen molar-refractivity contribution in [3.05, 3.63) is 23.7 Å². The van der Waals surface area contributed by atoms with Crippen molar-refractivity contribution >= 4 is 5.97 Å². The Bertz CT molecular complexity index is 417. The molecule has 2 unspecified atom stereocenters. The molecule has 1 aromatic heterocycles. The number of hydrogen-bond donors (Lipinski definition) is 2. The van der Waals surface area contributed by atoms with Crippen molar-refractivity contribution < 1.29 is 14.3 Å². The first-order valence-electron chi connectivity index (χ1n) is 7.03. The van der Waals surface area contributed by atoms with Gasteiger partial charge < -0.3 is 19.7 Å². The maximum Gasteiger partial charge on any atom is 0.371 e. The van der Waals surface area contributed by atoms with Crippen LogP contribution in [-0.2, 0) is 0 Å². The van der Waals surface area contributed by atoms with E-state index in [1.165, 1.54) is 6.07 Å². The highest BCUT2D eigenvalue weighted by Gasteiger charge is 2.19. The number of nitrogens with one attached hydrogen (secondary N) is 1. The van der Waals surface area contributed by atoms with Gasteiger partial charge in [-0.25, -0.2) is 4.79 Å². The van der Waals surface area contributed by atoms with Gasteiger partial charge in [0.1, 0.15) is 5.76 Å². The summed E-state index contributed by atoms with van der Waals surface area (Å²) in [4.78, 5) is 13.0. The van der Waals surface area contributed by atoms with Gasteiger partial charge in [-0.05, 0) is 45.5 Å². The molecule has 5 nitrogen and oxygen atoms in total. The smallest absolute Gasteiger partial charge is 0.371 e. The SMILES string of the molecule is CC(C)CC(CN(C)C)NC(C)c1ccc(C(=O)O)o1. The van der Waals surface area contributed by atoms with Gasteiger partial charge in [0.25, 0.3) is 0 Å². The minimum Gasteiger partial charge on any atom is -0.475 e. The fourth-order valence-corrected chi connectivity index (χ4v) is 2.34. The van der Waals surface area contributed by atoms with Crippen LogP contribution in [0.4, 0.5) is 0 Å². The molecular formula is C15H26N2O3. The Morgan fingerprint density at radius 1 is 1.35 bits per heavy atom. The summed E-state index contributed by atoms with van der Waals surface area (Å²) in [5.41, 5.74) is 0. The van der Waals surface area contributed by atoms with Crippen LogP contribution in [0.15, 0.2) is 16.5 Å². The molecule has 0 saturated heterocycles. The van der Waals surface area contributed by atoms with Crippen molar-refractivity contribution in [2.75, 3.05) is 20.6 Å². The standard InChI is InChI=1S/C15H26N2O3/c1-10(2)8-12(9-17(4)5)16-11(3)13-6-7-14(20-13)15(18)19/h6-7,10-12,16H,8-9H2,1-5H3,(H,18,19). The zero-order chi connectivity index (χ0) is 15.3. The minimum absolute atomic E-state index is 0.00759. The van der Waals surface area contributed by atoms with Crippen LogP contribution in [0, 0.1) is 5.92 Å². The van der Waals surface area contributed by atoms with Gasteiger partial charge >= 0.3 is 5.97 Å². The summed E-state index contributed by atoms with van der Waals surface area (Å²) in [5.74, 6) is 0.220. The van der Waals surface area contributed by atoms with Gasteiger partial charge in [0.2, 0.25) is 5.76 Å². The highest BCUT2D eigenvalue weighted by molar-refractivity contribution is 5.84. The van der Waals surface area contributed by atoms with Gasteiger partial charge in [-0.3, -0.25) is 0 Å². The summed E-state index contributed by atoms with van der Waals surface area (Å²) in [6, 6.07) is 3.56. The van der Waals surface area contributed by atoms with E-state index in [0.717, 1.165) is 13.0 Å². The molecule has 2 N–H and O–H groups in total. The van der Waals surface area contributed by atoms with Gasteiger partial charge in [-0.15, -0.1) is 0 Å². The molecule has 0 amide bonds. The first-order chi connectivity index (χ1) is 9.29. The number of carboxylic acids is 1. The summed E-state index contributed by atoms with van der Waals surface area (Å²) in [5, 5.41) is 12.4. The van der Waals surface area contributed by atoms with E-state index >= 15 is 0 Å². The van der Waals surface area contributed by atoms with E-state index in [1.807, 2.05) is 6.92 Å². The molecular weight excluding hydrogens is 256 g/mol. The second-order valence-electron chi connectivity index (χ2n) is 5.98. The van der Waals surface area contributed by atoms with Crippen molar-refractivity contribution in [1.82, 2.24) is 10.2 Å². The van der Waals surface area contributed by atoms with Gasteiger partial charge in [0, 0.05) is 12.6 Å². The van der Waals surface area contributed by atoms with Crippen molar-refractivity contribution in [2.45, 2.75) is 39.3 Å². The van der Waals surface area contributed by atoms with E-state index in [0.29, 0.717) is 17.7 Å². The molecule has 0 spiro atoms. The Morgan fingerprint density at radius 3 is 2.45 bits per heavy atom.